The molecule has 0 unspecified atom stereocenters. The molecule has 0 aromatic carbocycles. The maximum absolute atomic E-state index is 12.7. The van der Waals surface area contributed by atoms with E-state index < -0.39 is 21.4 Å². The van der Waals surface area contributed by atoms with Gasteiger partial charge in [-0.3, -0.25) is 0 Å². The summed E-state index contributed by atoms with van der Waals surface area (Å²) < 4.78 is 38.1. The van der Waals surface area contributed by atoms with Gasteiger partial charge >= 0.3 is 0 Å². The summed E-state index contributed by atoms with van der Waals surface area (Å²) in [5, 5.41) is 0. The predicted molar refractivity (Wildman–Crippen MR) is 83.6 cm³/mol. The van der Waals surface area contributed by atoms with Gasteiger partial charge in [-0.1, -0.05) is 20.8 Å². The third-order valence-electron chi connectivity index (χ3n) is 4.47. The predicted octanol–water partition coefficient (Wildman–Crippen LogP) is 4.15. The van der Waals surface area contributed by atoms with Crippen LogP contribution in [0.4, 0.5) is 0 Å². The molecule has 0 saturated carbocycles. The summed E-state index contributed by atoms with van der Waals surface area (Å²) in [6.45, 7) is 5.85. The van der Waals surface area contributed by atoms with Gasteiger partial charge in [-0.2, -0.15) is 0 Å². The second-order valence-electron chi connectivity index (χ2n) is 5.46. The van der Waals surface area contributed by atoms with Crippen LogP contribution in [0, 0.1) is 0 Å². The van der Waals surface area contributed by atoms with Crippen LogP contribution >= 0.6 is 21.4 Å². The van der Waals surface area contributed by atoms with Crippen molar-refractivity contribution in [3.8, 4) is 0 Å². The third-order valence-corrected chi connectivity index (χ3v) is 15.2. The van der Waals surface area contributed by atoms with Crippen LogP contribution in [0.15, 0.2) is 0 Å². The van der Waals surface area contributed by atoms with E-state index in [0.717, 1.165) is 0 Å². The molecular formula is C12H27O3P3. The van der Waals surface area contributed by atoms with Gasteiger partial charge in [0, 0.05) is 37.0 Å². The molecule has 0 aliphatic carbocycles. The maximum Gasteiger partial charge on any atom is 0.0884 e. The van der Waals surface area contributed by atoms with E-state index in [-0.39, 0.29) is 0 Å². The van der Waals surface area contributed by atoms with E-state index in [2.05, 4.69) is 0 Å². The average molecular weight is 312 g/mol. The minimum Gasteiger partial charge on any atom is -0.324 e. The molecule has 1 aliphatic heterocycles. The van der Waals surface area contributed by atoms with Crippen molar-refractivity contribution in [3.05, 3.63) is 0 Å². The molecule has 1 rings (SSSR count). The van der Waals surface area contributed by atoms with Gasteiger partial charge in [-0.05, 0) is 18.5 Å². The first kappa shape index (κ1) is 16.7. The van der Waals surface area contributed by atoms with Crippen LogP contribution in [0.1, 0.15) is 20.8 Å². The van der Waals surface area contributed by atoms with Gasteiger partial charge in [-0.25, -0.2) is 0 Å². The van der Waals surface area contributed by atoms with Crippen molar-refractivity contribution >= 4 is 21.4 Å². The van der Waals surface area contributed by atoms with E-state index in [9.17, 15) is 13.7 Å². The Balaban J connectivity index is 3.00. The topological polar surface area (TPSA) is 51.2 Å². The fourth-order valence-electron chi connectivity index (χ4n) is 2.38. The number of rotatable bonds is 3. The smallest absolute Gasteiger partial charge is 0.0884 e. The highest BCUT2D eigenvalue weighted by atomic mass is 31.2. The van der Waals surface area contributed by atoms with Crippen molar-refractivity contribution in [2.75, 3.05) is 55.5 Å². The van der Waals surface area contributed by atoms with Gasteiger partial charge in [0.1, 0.15) is 0 Å². The quantitative estimate of drug-likeness (QED) is 0.736. The van der Waals surface area contributed by atoms with E-state index in [1.165, 1.54) is 0 Å². The first-order chi connectivity index (χ1) is 8.30. The Morgan fingerprint density at radius 1 is 0.556 bits per heavy atom. The van der Waals surface area contributed by atoms with Gasteiger partial charge in [0.15, 0.2) is 0 Å². The van der Waals surface area contributed by atoms with Gasteiger partial charge in [0.25, 0.3) is 0 Å². The lowest BCUT2D eigenvalue weighted by Gasteiger charge is -2.18. The van der Waals surface area contributed by atoms with Crippen LogP contribution in [-0.4, -0.2) is 55.5 Å². The summed E-state index contributed by atoms with van der Waals surface area (Å²) in [6, 6.07) is 0. The van der Waals surface area contributed by atoms with E-state index in [1.54, 1.807) is 0 Å². The molecule has 6 heteroatoms. The molecule has 3 nitrogen and oxygen atoms in total. The van der Waals surface area contributed by atoms with Gasteiger partial charge < -0.3 is 13.7 Å². The largest absolute Gasteiger partial charge is 0.324 e. The zero-order chi connectivity index (χ0) is 13.9. The summed E-state index contributed by atoms with van der Waals surface area (Å²) in [7, 11) is -6.67. The Morgan fingerprint density at radius 3 is 0.833 bits per heavy atom. The minimum atomic E-state index is -2.22. The average Bonchev–Trinajstić information content (AvgIpc) is 2.44. The Bertz CT molecular complexity index is 331. The molecule has 1 fully saturated rings. The monoisotopic (exact) mass is 312 g/mol. The van der Waals surface area contributed by atoms with E-state index >= 15 is 0 Å². The summed E-state index contributed by atoms with van der Waals surface area (Å²) in [5.41, 5.74) is 0. The molecule has 0 N–H and O–H groups in total. The fourth-order valence-corrected chi connectivity index (χ4v) is 13.7. The van der Waals surface area contributed by atoms with Gasteiger partial charge in [0.2, 0.25) is 0 Å². The summed E-state index contributed by atoms with van der Waals surface area (Å²) >= 11 is 0. The Hall–Kier alpha value is 0.690. The first-order valence-electron chi connectivity index (χ1n) is 7.02. The summed E-state index contributed by atoms with van der Waals surface area (Å²) in [5.74, 6) is 0. The van der Waals surface area contributed by atoms with Crippen molar-refractivity contribution in [1.29, 1.82) is 0 Å². The molecule has 0 aromatic heterocycles. The van der Waals surface area contributed by atoms with Crippen LogP contribution in [0.3, 0.4) is 0 Å². The molecule has 108 valence electrons. The van der Waals surface area contributed by atoms with Crippen molar-refractivity contribution in [3.63, 3.8) is 0 Å². The lowest BCUT2D eigenvalue weighted by Crippen LogP contribution is -2.05. The highest BCUT2D eigenvalue weighted by Gasteiger charge is 2.33. The molecule has 0 aromatic rings. The molecule has 1 heterocycles. The van der Waals surface area contributed by atoms with Crippen molar-refractivity contribution in [2.45, 2.75) is 20.8 Å². The summed E-state index contributed by atoms with van der Waals surface area (Å²) in [6.07, 6.45) is 5.66. The molecule has 0 bridgehead atoms. The van der Waals surface area contributed by atoms with E-state index in [4.69, 9.17) is 0 Å². The van der Waals surface area contributed by atoms with Crippen LogP contribution in [0.2, 0.25) is 0 Å². The zero-order valence-corrected chi connectivity index (χ0v) is 14.6. The van der Waals surface area contributed by atoms with Crippen LogP contribution < -0.4 is 0 Å². The molecule has 1 saturated heterocycles. The van der Waals surface area contributed by atoms with E-state index in [0.29, 0.717) is 55.5 Å². The second-order valence-corrected chi connectivity index (χ2v) is 16.4. The van der Waals surface area contributed by atoms with Gasteiger partial charge in [-0.15, -0.1) is 0 Å². The molecule has 0 atom stereocenters. The van der Waals surface area contributed by atoms with Crippen molar-refractivity contribution in [1.82, 2.24) is 0 Å². The molecule has 0 spiro atoms. The van der Waals surface area contributed by atoms with Crippen LogP contribution in [0.25, 0.3) is 0 Å². The van der Waals surface area contributed by atoms with Crippen molar-refractivity contribution < 1.29 is 13.7 Å². The lowest BCUT2D eigenvalue weighted by atomic mass is 10.9. The normalized spacial score (nSPS) is 42.8. The minimum absolute atomic E-state index is 0.609. The first-order valence-corrected chi connectivity index (χ1v) is 13.8. The highest BCUT2D eigenvalue weighted by molar-refractivity contribution is 7.71. The fraction of sp³-hybridized carbons (Fsp3) is 1.00. The van der Waals surface area contributed by atoms with Gasteiger partial charge in [0.05, 0.1) is 21.4 Å². The Labute approximate surface area is 112 Å². The maximum atomic E-state index is 12.7. The lowest BCUT2D eigenvalue weighted by molar-refractivity contribution is 0.570. The van der Waals surface area contributed by atoms with E-state index in [1.807, 2.05) is 20.8 Å². The zero-order valence-electron chi connectivity index (χ0n) is 11.9. The number of hydrogen-bond acceptors (Lipinski definition) is 3. The standard InChI is InChI=1S/C12H27O3P3/c1-4-16(13)7-9-17(14,5-2)11-12-18(15,6-3)10-8-16/h4-12H2,1-3H3. The second kappa shape index (κ2) is 6.43. The number of hydrogen-bond donors (Lipinski definition) is 0. The Morgan fingerprint density at radius 2 is 0.722 bits per heavy atom. The molecular weight excluding hydrogens is 285 g/mol. The van der Waals surface area contributed by atoms with Crippen LogP contribution in [0.5, 0.6) is 0 Å². The molecule has 0 amide bonds. The molecule has 18 heavy (non-hydrogen) atoms. The highest BCUT2D eigenvalue weighted by Crippen LogP contribution is 2.60. The van der Waals surface area contributed by atoms with Crippen LogP contribution in [-0.2, 0) is 13.7 Å². The molecule has 0 radical (unpaired) electrons. The molecule has 1 aliphatic rings. The SMILES string of the molecule is CCP1(=O)CCP(=O)(CC)CCP(=O)(CC)CC1. The Kier molecular flexibility index (Phi) is 5.98. The summed E-state index contributed by atoms with van der Waals surface area (Å²) in [4.78, 5) is 0. The van der Waals surface area contributed by atoms with Crippen molar-refractivity contribution in [2.24, 2.45) is 0 Å². The third kappa shape index (κ3) is 4.36.